The zero-order valence-electron chi connectivity index (χ0n) is 14.4. The smallest absolute Gasteiger partial charge is 0.193 e. The third-order valence-corrected chi connectivity index (χ3v) is 4.35. The van der Waals surface area contributed by atoms with E-state index in [4.69, 9.17) is 9.15 Å². The lowest BCUT2D eigenvalue weighted by Gasteiger charge is -2.35. The number of rotatable bonds is 4. The third-order valence-electron chi connectivity index (χ3n) is 4.35. The molecule has 1 fully saturated rings. The topological polar surface area (TPSA) is 50.0 Å². The second kappa shape index (κ2) is 8.02. The number of aryl methyl sites for hydroxylation is 1. The van der Waals surface area contributed by atoms with Crippen LogP contribution in [0.25, 0.3) is 0 Å². The van der Waals surface area contributed by atoms with E-state index in [1.807, 2.05) is 19.2 Å². The van der Waals surface area contributed by atoms with Gasteiger partial charge in [0.1, 0.15) is 11.9 Å². The summed E-state index contributed by atoms with van der Waals surface area (Å²) in [6.07, 6.45) is 2.64. The van der Waals surface area contributed by atoms with Gasteiger partial charge < -0.3 is 19.4 Å². The summed E-state index contributed by atoms with van der Waals surface area (Å²) in [5.74, 6) is 1.90. The van der Waals surface area contributed by atoms with Crippen molar-refractivity contribution in [2.24, 2.45) is 4.99 Å². The van der Waals surface area contributed by atoms with E-state index in [2.05, 4.69) is 46.4 Å². The van der Waals surface area contributed by atoms with E-state index < -0.39 is 0 Å². The molecule has 0 bridgehead atoms. The molecule has 0 spiro atoms. The molecular formula is C19H25N3O2. The molecule has 1 aromatic carbocycles. The summed E-state index contributed by atoms with van der Waals surface area (Å²) in [7, 11) is 1.83. The molecule has 0 aliphatic carbocycles. The number of hydrogen-bond acceptors (Lipinski definition) is 3. The molecule has 2 aromatic rings. The van der Waals surface area contributed by atoms with Gasteiger partial charge >= 0.3 is 0 Å². The van der Waals surface area contributed by atoms with Crippen LogP contribution >= 0.6 is 0 Å². The van der Waals surface area contributed by atoms with Crippen LogP contribution in [0.1, 0.15) is 23.0 Å². The van der Waals surface area contributed by atoms with Crippen molar-refractivity contribution in [3.8, 4) is 0 Å². The van der Waals surface area contributed by atoms with Crippen LogP contribution in [0.4, 0.5) is 0 Å². The summed E-state index contributed by atoms with van der Waals surface area (Å²) in [4.78, 5) is 6.69. The summed E-state index contributed by atoms with van der Waals surface area (Å²) in [6, 6.07) is 12.3. The van der Waals surface area contributed by atoms with Gasteiger partial charge in [-0.15, -0.1) is 0 Å². The van der Waals surface area contributed by atoms with Crippen LogP contribution in [0.2, 0.25) is 0 Å². The van der Waals surface area contributed by atoms with Crippen molar-refractivity contribution < 1.29 is 9.15 Å². The minimum atomic E-state index is 0.0866. The van der Waals surface area contributed by atoms with Gasteiger partial charge in [-0.05, 0) is 30.2 Å². The highest BCUT2D eigenvalue weighted by Gasteiger charge is 2.24. The summed E-state index contributed by atoms with van der Waals surface area (Å²) in [5, 5.41) is 3.42. The van der Waals surface area contributed by atoms with Gasteiger partial charge in [0, 0.05) is 26.6 Å². The molecule has 5 nitrogen and oxygen atoms in total. The molecule has 1 aliphatic heterocycles. The maximum Gasteiger partial charge on any atom is 0.193 e. The molecule has 1 atom stereocenters. The van der Waals surface area contributed by atoms with Crippen LogP contribution in [-0.4, -0.2) is 44.1 Å². The number of guanidine groups is 1. The monoisotopic (exact) mass is 327 g/mol. The molecule has 1 aromatic heterocycles. The van der Waals surface area contributed by atoms with Gasteiger partial charge in [0.25, 0.3) is 0 Å². The second-order valence-corrected chi connectivity index (χ2v) is 5.97. The van der Waals surface area contributed by atoms with Crippen LogP contribution in [0.3, 0.4) is 0 Å². The first-order valence-corrected chi connectivity index (χ1v) is 8.43. The largest absolute Gasteiger partial charge is 0.469 e. The van der Waals surface area contributed by atoms with Crippen molar-refractivity contribution in [3.63, 3.8) is 0 Å². The average Bonchev–Trinajstić information content (AvgIpc) is 3.13. The van der Waals surface area contributed by atoms with Crippen LogP contribution in [-0.2, 0) is 11.2 Å². The predicted molar refractivity (Wildman–Crippen MR) is 95.2 cm³/mol. The first kappa shape index (κ1) is 16.6. The second-order valence-electron chi connectivity index (χ2n) is 5.97. The molecule has 0 amide bonds. The van der Waals surface area contributed by atoms with Crippen molar-refractivity contribution in [2.45, 2.75) is 19.4 Å². The minimum Gasteiger partial charge on any atom is -0.469 e. The standard InChI is InChI=1S/C19H25N3O2/c1-15-6-3-4-8-17(15)18-14-22(11-13-24-18)19(20-2)21-10-9-16-7-5-12-23-16/h3-8,12,18H,9-11,13-14H2,1-2H3,(H,20,21). The molecule has 0 radical (unpaired) electrons. The van der Waals surface area contributed by atoms with E-state index in [1.54, 1.807) is 6.26 Å². The molecule has 0 saturated carbocycles. The molecule has 1 saturated heterocycles. The summed E-state index contributed by atoms with van der Waals surface area (Å²) in [6.45, 7) is 5.30. The maximum atomic E-state index is 5.99. The number of benzene rings is 1. The molecule has 2 heterocycles. The van der Waals surface area contributed by atoms with Gasteiger partial charge in [-0.25, -0.2) is 0 Å². The Bertz CT molecular complexity index is 667. The maximum absolute atomic E-state index is 5.99. The minimum absolute atomic E-state index is 0.0866. The van der Waals surface area contributed by atoms with E-state index in [1.165, 1.54) is 11.1 Å². The number of furan rings is 1. The molecule has 24 heavy (non-hydrogen) atoms. The number of ether oxygens (including phenoxy) is 1. The fourth-order valence-corrected chi connectivity index (χ4v) is 3.06. The highest BCUT2D eigenvalue weighted by Crippen LogP contribution is 2.24. The molecule has 1 aliphatic rings. The van der Waals surface area contributed by atoms with E-state index in [0.29, 0.717) is 6.61 Å². The lowest BCUT2D eigenvalue weighted by Crippen LogP contribution is -2.48. The summed E-state index contributed by atoms with van der Waals surface area (Å²) < 4.78 is 11.4. The van der Waals surface area contributed by atoms with E-state index >= 15 is 0 Å². The molecule has 5 heteroatoms. The Morgan fingerprint density at radius 2 is 2.17 bits per heavy atom. The van der Waals surface area contributed by atoms with Gasteiger partial charge in [0.2, 0.25) is 0 Å². The Labute approximate surface area is 143 Å². The quantitative estimate of drug-likeness (QED) is 0.693. The van der Waals surface area contributed by atoms with Crippen molar-refractivity contribution in [3.05, 3.63) is 59.5 Å². The van der Waals surface area contributed by atoms with E-state index in [9.17, 15) is 0 Å². The molecule has 128 valence electrons. The zero-order chi connectivity index (χ0) is 16.8. The summed E-state index contributed by atoms with van der Waals surface area (Å²) >= 11 is 0. The molecule has 1 N–H and O–H groups in total. The van der Waals surface area contributed by atoms with Crippen LogP contribution < -0.4 is 5.32 Å². The highest BCUT2D eigenvalue weighted by molar-refractivity contribution is 5.80. The number of nitrogens with zero attached hydrogens (tertiary/aromatic N) is 2. The number of aliphatic imine (C=N–C) groups is 1. The Balaban J connectivity index is 1.59. The van der Waals surface area contributed by atoms with Crippen molar-refractivity contribution in [1.29, 1.82) is 0 Å². The average molecular weight is 327 g/mol. The third kappa shape index (κ3) is 3.97. The summed E-state index contributed by atoms with van der Waals surface area (Å²) in [5.41, 5.74) is 2.53. The number of morpholine rings is 1. The van der Waals surface area contributed by atoms with Crippen molar-refractivity contribution in [2.75, 3.05) is 33.3 Å². The first-order valence-electron chi connectivity index (χ1n) is 8.43. The van der Waals surface area contributed by atoms with E-state index in [-0.39, 0.29) is 6.10 Å². The van der Waals surface area contributed by atoms with Gasteiger partial charge in [-0.3, -0.25) is 4.99 Å². The van der Waals surface area contributed by atoms with Gasteiger partial charge in [-0.2, -0.15) is 0 Å². The number of hydrogen-bond donors (Lipinski definition) is 1. The zero-order valence-corrected chi connectivity index (χ0v) is 14.4. The number of nitrogens with one attached hydrogen (secondary N) is 1. The molecule has 3 rings (SSSR count). The van der Waals surface area contributed by atoms with E-state index in [0.717, 1.165) is 37.8 Å². The fourth-order valence-electron chi connectivity index (χ4n) is 3.06. The highest BCUT2D eigenvalue weighted by atomic mass is 16.5. The van der Waals surface area contributed by atoms with Crippen LogP contribution in [0, 0.1) is 6.92 Å². The Morgan fingerprint density at radius 1 is 1.29 bits per heavy atom. The predicted octanol–water partition coefficient (Wildman–Crippen LogP) is 2.78. The lowest BCUT2D eigenvalue weighted by molar-refractivity contribution is -0.00830. The van der Waals surface area contributed by atoms with Gasteiger partial charge in [0.05, 0.1) is 19.4 Å². The Morgan fingerprint density at radius 3 is 2.92 bits per heavy atom. The molecular weight excluding hydrogens is 302 g/mol. The fraction of sp³-hybridized carbons (Fsp3) is 0.421. The van der Waals surface area contributed by atoms with Crippen LogP contribution in [0.15, 0.2) is 52.1 Å². The van der Waals surface area contributed by atoms with Gasteiger partial charge in [0.15, 0.2) is 5.96 Å². The van der Waals surface area contributed by atoms with Crippen LogP contribution in [0.5, 0.6) is 0 Å². The Hall–Kier alpha value is -2.27. The SMILES string of the molecule is CN=C(NCCc1ccco1)N1CCOC(c2ccccc2C)C1. The lowest BCUT2D eigenvalue weighted by atomic mass is 10.0. The van der Waals surface area contributed by atoms with Crippen molar-refractivity contribution in [1.82, 2.24) is 10.2 Å². The first-order chi connectivity index (χ1) is 11.8. The normalized spacial score (nSPS) is 18.7. The van der Waals surface area contributed by atoms with Gasteiger partial charge in [-0.1, -0.05) is 24.3 Å². The van der Waals surface area contributed by atoms with Crippen molar-refractivity contribution >= 4 is 5.96 Å². The Kier molecular flexibility index (Phi) is 5.54. The molecule has 1 unspecified atom stereocenters.